The molecule has 3 nitrogen and oxygen atoms in total. The van der Waals surface area contributed by atoms with E-state index in [0.717, 1.165) is 30.3 Å². The zero-order valence-electron chi connectivity index (χ0n) is 11.5. The molecule has 20 heavy (non-hydrogen) atoms. The molecule has 1 aromatic heterocycles. The van der Waals surface area contributed by atoms with E-state index in [2.05, 4.69) is 10.6 Å². The second-order valence-corrected chi connectivity index (χ2v) is 7.67. The lowest BCUT2D eigenvalue weighted by Gasteiger charge is -2.27. The Balaban J connectivity index is 1.58. The summed E-state index contributed by atoms with van der Waals surface area (Å²) in [6.45, 7) is 2.24. The Morgan fingerprint density at radius 2 is 2.10 bits per heavy atom. The van der Waals surface area contributed by atoms with Crippen molar-refractivity contribution in [3.05, 3.63) is 21.3 Å². The number of rotatable bonds is 5. The number of hydrogen-bond donors (Lipinski definition) is 2. The predicted molar refractivity (Wildman–Crippen MR) is 83.5 cm³/mol. The van der Waals surface area contributed by atoms with Crippen LogP contribution in [0.3, 0.4) is 0 Å². The Morgan fingerprint density at radius 3 is 2.70 bits per heavy atom. The zero-order chi connectivity index (χ0) is 13.9. The van der Waals surface area contributed by atoms with Gasteiger partial charge in [-0.1, -0.05) is 11.6 Å². The fraction of sp³-hybridized carbons (Fsp3) is 0.667. The number of carbonyl (C=O) groups is 1. The van der Waals surface area contributed by atoms with Crippen LogP contribution in [0, 0.1) is 11.8 Å². The molecule has 0 unspecified atom stereocenters. The molecule has 2 aliphatic rings. The van der Waals surface area contributed by atoms with Crippen LogP contribution in [0.4, 0.5) is 0 Å². The molecule has 0 aromatic carbocycles. The summed E-state index contributed by atoms with van der Waals surface area (Å²) in [7, 11) is 0. The fourth-order valence-electron chi connectivity index (χ4n) is 3.02. The molecule has 1 aromatic rings. The van der Waals surface area contributed by atoms with Crippen LogP contribution >= 0.6 is 22.9 Å². The minimum atomic E-state index is 0.0488. The number of carbonyl (C=O) groups excluding carboxylic acids is 1. The first-order valence-corrected chi connectivity index (χ1v) is 8.69. The maximum atomic E-state index is 12.3. The largest absolute Gasteiger partial charge is 0.348 e. The van der Waals surface area contributed by atoms with E-state index in [1.807, 2.05) is 6.07 Å². The van der Waals surface area contributed by atoms with Gasteiger partial charge in [-0.15, -0.1) is 11.3 Å². The second kappa shape index (κ2) is 6.46. The van der Waals surface area contributed by atoms with Gasteiger partial charge in [0.1, 0.15) is 0 Å². The van der Waals surface area contributed by atoms with Crippen LogP contribution in [0.2, 0.25) is 4.34 Å². The first kappa shape index (κ1) is 14.4. The molecule has 1 saturated heterocycles. The Labute approximate surface area is 129 Å². The maximum Gasteiger partial charge on any atom is 0.261 e. The van der Waals surface area contributed by atoms with Gasteiger partial charge >= 0.3 is 0 Å². The number of nitrogens with one attached hydrogen (secondary N) is 2. The third-order valence-corrected chi connectivity index (χ3v) is 5.58. The number of piperidine rings is 1. The molecular weight excluding hydrogens is 292 g/mol. The molecule has 2 fully saturated rings. The summed E-state index contributed by atoms with van der Waals surface area (Å²) in [5.41, 5.74) is 0. The summed E-state index contributed by atoms with van der Waals surface area (Å²) in [4.78, 5) is 13.0. The normalized spacial score (nSPS) is 21.6. The van der Waals surface area contributed by atoms with Crippen molar-refractivity contribution in [2.24, 2.45) is 11.8 Å². The van der Waals surface area contributed by atoms with Gasteiger partial charge in [0.15, 0.2) is 0 Å². The summed E-state index contributed by atoms with van der Waals surface area (Å²) in [6.07, 6.45) is 6.15. The maximum absolute atomic E-state index is 12.3. The summed E-state index contributed by atoms with van der Waals surface area (Å²) in [5, 5.41) is 6.65. The van der Waals surface area contributed by atoms with E-state index in [9.17, 15) is 4.79 Å². The van der Waals surface area contributed by atoms with Gasteiger partial charge in [0.05, 0.1) is 9.21 Å². The zero-order valence-corrected chi connectivity index (χ0v) is 13.1. The van der Waals surface area contributed by atoms with Crippen LogP contribution in [-0.2, 0) is 0 Å². The molecular formula is C15H21ClN2OS. The highest BCUT2D eigenvalue weighted by Crippen LogP contribution is 2.36. The van der Waals surface area contributed by atoms with E-state index in [1.54, 1.807) is 6.07 Å². The topological polar surface area (TPSA) is 41.1 Å². The SMILES string of the molecule is O=C(N[C@@H](CC1CCNCC1)C1CC1)c1ccc(Cl)s1. The molecule has 0 spiro atoms. The highest BCUT2D eigenvalue weighted by atomic mass is 35.5. The van der Waals surface area contributed by atoms with Crippen LogP contribution < -0.4 is 10.6 Å². The van der Waals surface area contributed by atoms with Crippen LogP contribution in [0.15, 0.2) is 12.1 Å². The number of halogens is 1. The summed E-state index contributed by atoms with van der Waals surface area (Å²) < 4.78 is 0.677. The number of amides is 1. The van der Waals surface area contributed by atoms with Gasteiger partial charge in [-0.05, 0) is 69.2 Å². The monoisotopic (exact) mass is 312 g/mol. The average molecular weight is 313 g/mol. The van der Waals surface area contributed by atoms with E-state index >= 15 is 0 Å². The van der Waals surface area contributed by atoms with Crippen molar-refractivity contribution in [1.82, 2.24) is 10.6 Å². The molecule has 2 N–H and O–H groups in total. The predicted octanol–water partition coefficient (Wildman–Crippen LogP) is 3.30. The highest BCUT2D eigenvalue weighted by Gasteiger charge is 2.34. The summed E-state index contributed by atoms with van der Waals surface area (Å²) in [5.74, 6) is 1.51. The summed E-state index contributed by atoms with van der Waals surface area (Å²) >= 11 is 7.26. The van der Waals surface area contributed by atoms with Gasteiger partial charge in [-0.2, -0.15) is 0 Å². The Bertz CT molecular complexity index is 466. The second-order valence-electron chi connectivity index (χ2n) is 5.95. The lowest BCUT2D eigenvalue weighted by atomic mass is 9.89. The Hall–Kier alpha value is -0.580. The first-order chi connectivity index (χ1) is 9.72. The molecule has 0 bridgehead atoms. The van der Waals surface area contributed by atoms with E-state index in [1.165, 1.54) is 37.0 Å². The van der Waals surface area contributed by atoms with Crippen molar-refractivity contribution in [1.29, 1.82) is 0 Å². The quantitative estimate of drug-likeness (QED) is 0.876. The van der Waals surface area contributed by atoms with E-state index in [-0.39, 0.29) is 5.91 Å². The highest BCUT2D eigenvalue weighted by molar-refractivity contribution is 7.17. The standard InChI is InChI=1S/C15H21ClN2OS/c16-14-4-3-13(20-14)15(19)18-12(11-1-2-11)9-10-5-7-17-8-6-10/h3-4,10-12,17H,1-2,5-9H2,(H,18,19)/t12-/m0/s1. The molecule has 2 heterocycles. The van der Waals surface area contributed by atoms with Gasteiger partial charge in [0, 0.05) is 6.04 Å². The van der Waals surface area contributed by atoms with Crippen molar-refractivity contribution in [2.75, 3.05) is 13.1 Å². The average Bonchev–Trinajstić information content (AvgIpc) is 3.21. The molecule has 110 valence electrons. The minimum absolute atomic E-state index is 0.0488. The van der Waals surface area contributed by atoms with Crippen LogP contribution in [0.25, 0.3) is 0 Å². The van der Waals surface area contributed by atoms with E-state index in [0.29, 0.717) is 16.3 Å². The van der Waals surface area contributed by atoms with Crippen LogP contribution in [0.1, 0.15) is 41.8 Å². The molecule has 0 radical (unpaired) electrons. The molecule has 5 heteroatoms. The van der Waals surface area contributed by atoms with Gasteiger partial charge < -0.3 is 10.6 Å². The van der Waals surface area contributed by atoms with E-state index < -0.39 is 0 Å². The van der Waals surface area contributed by atoms with Gasteiger partial charge in [-0.25, -0.2) is 0 Å². The lowest BCUT2D eigenvalue weighted by molar-refractivity contribution is 0.0927. The van der Waals surface area contributed by atoms with Crippen LogP contribution in [-0.4, -0.2) is 25.0 Å². The van der Waals surface area contributed by atoms with E-state index in [4.69, 9.17) is 11.6 Å². The third-order valence-electron chi connectivity index (χ3n) is 4.35. The van der Waals surface area contributed by atoms with Gasteiger partial charge in [0.25, 0.3) is 5.91 Å². The molecule has 1 atom stereocenters. The Morgan fingerprint density at radius 1 is 1.35 bits per heavy atom. The van der Waals surface area contributed by atoms with Crippen molar-refractivity contribution >= 4 is 28.8 Å². The van der Waals surface area contributed by atoms with Gasteiger partial charge in [0.2, 0.25) is 0 Å². The van der Waals surface area contributed by atoms with Crippen molar-refractivity contribution in [3.63, 3.8) is 0 Å². The summed E-state index contributed by atoms with van der Waals surface area (Å²) in [6, 6.07) is 3.96. The lowest BCUT2D eigenvalue weighted by Crippen LogP contribution is -2.39. The number of thiophene rings is 1. The molecule has 1 amide bonds. The van der Waals surface area contributed by atoms with Crippen molar-refractivity contribution in [2.45, 2.75) is 38.1 Å². The minimum Gasteiger partial charge on any atom is -0.348 e. The van der Waals surface area contributed by atoms with Crippen molar-refractivity contribution in [3.8, 4) is 0 Å². The molecule has 3 rings (SSSR count). The van der Waals surface area contributed by atoms with Crippen LogP contribution in [0.5, 0.6) is 0 Å². The molecule has 1 aliphatic heterocycles. The number of hydrogen-bond acceptors (Lipinski definition) is 3. The first-order valence-electron chi connectivity index (χ1n) is 7.49. The molecule has 1 saturated carbocycles. The molecule has 1 aliphatic carbocycles. The fourth-order valence-corrected chi connectivity index (χ4v) is 3.97. The third kappa shape index (κ3) is 3.74. The smallest absolute Gasteiger partial charge is 0.261 e. The Kier molecular flexibility index (Phi) is 4.64. The van der Waals surface area contributed by atoms with Crippen molar-refractivity contribution < 1.29 is 4.79 Å². The van der Waals surface area contributed by atoms with Gasteiger partial charge in [-0.3, -0.25) is 4.79 Å².